The van der Waals surface area contributed by atoms with E-state index in [4.69, 9.17) is 5.26 Å². The van der Waals surface area contributed by atoms with Crippen LogP contribution >= 0.6 is 0 Å². The summed E-state index contributed by atoms with van der Waals surface area (Å²) in [5, 5.41) is 13.0. The minimum Gasteiger partial charge on any atom is -0.263 e. The highest BCUT2D eigenvalue weighted by atomic mass is 15.6. The number of rotatable bonds is 0. The number of nitriles is 1. The molecule has 3 nitrogen and oxygen atoms in total. The second kappa shape index (κ2) is 3.28. The van der Waals surface area contributed by atoms with Crippen molar-refractivity contribution in [2.45, 2.75) is 0 Å². The molecule has 0 amide bonds. The maximum absolute atomic E-state index is 9.12. The van der Waals surface area contributed by atoms with Crippen LogP contribution in [0.3, 0.4) is 0 Å². The van der Waals surface area contributed by atoms with Gasteiger partial charge in [-0.05, 0) is 18.2 Å². The van der Waals surface area contributed by atoms with Gasteiger partial charge in [0.15, 0.2) is 0 Å². The van der Waals surface area contributed by atoms with Crippen LogP contribution in [0, 0.1) is 11.3 Å². The lowest BCUT2D eigenvalue weighted by atomic mass is 10.0. The molecular weight excluding hydrogens is 198 g/mol. The number of benzene rings is 1. The van der Waals surface area contributed by atoms with Crippen LogP contribution in [-0.4, -0.2) is 5.01 Å². The summed E-state index contributed by atoms with van der Waals surface area (Å²) in [5.41, 5.74) is 2.69. The van der Waals surface area contributed by atoms with E-state index < -0.39 is 0 Å². The lowest BCUT2D eigenvalue weighted by molar-refractivity contribution is 0.503. The first-order chi connectivity index (χ1) is 7.90. The molecule has 0 aromatic heterocycles. The van der Waals surface area contributed by atoms with Gasteiger partial charge in [-0.3, -0.25) is 10.0 Å². The fraction of sp³-hybridized carbons (Fsp3) is 0. The Morgan fingerprint density at radius 1 is 1.06 bits per heavy atom. The van der Waals surface area contributed by atoms with E-state index in [1.807, 2.05) is 65.0 Å². The quantitative estimate of drug-likeness (QED) is 0.655. The minimum atomic E-state index is 0.687. The van der Waals surface area contributed by atoms with E-state index >= 15 is 0 Å². The highest BCUT2D eigenvalue weighted by molar-refractivity contribution is 5.86. The SMILES string of the molecule is N#CC1=CN2C=CC=CN2c2ccccc21. The summed E-state index contributed by atoms with van der Waals surface area (Å²) in [5.74, 6) is 0. The Hall–Kier alpha value is -2.47. The van der Waals surface area contributed by atoms with E-state index in [-0.39, 0.29) is 0 Å². The summed E-state index contributed by atoms with van der Waals surface area (Å²) >= 11 is 0. The van der Waals surface area contributed by atoms with Gasteiger partial charge in [0.25, 0.3) is 0 Å². The molecule has 0 bridgehead atoms. The van der Waals surface area contributed by atoms with Gasteiger partial charge in [-0.15, -0.1) is 0 Å². The van der Waals surface area contributed by atoms with Gasteiger partial charge < -0.3 is 0 Å². The molecule has 3 rings (SSSR count). The summed E-state index contributed by atoms with van der Waals surface area (Å²) in [6.07, 6.45) is 9.65. The number of hydrogen-bond donors (Lipinski definition) is 0. The van der Waals surface area contributed by atoms with Crippen molar-refractivity contribution in [1.29, 1.82) is 5.26 Å². The molecule has 0 saturated heterocycles. The Bertz CT molecular complexity index is 561. The van der Waals surface area contributed by atoms with Crippen LogP contribution in [-0.2, 0) is 0 Å². The Morgan fingerprint density at radius 3 is 2.75 bits per heavy atom. The normalized spacial score (nSPS) is 16.3. The minimum absolute atomic E-state index is 0.687. The lowest BCUT2D eigenvalue weighted by Gasteiger charge is -2.36. The molecular formula is C13H9N3. The molecule has 0 unspecified atom stereocenters. The second-order valence-corrected chi connectivity index (χ2v) is 3.58. The molecule has 0 aliphatic carbocycles. The van der Waals surface area contributed by atoms with Gasteiger partial charge in [-0.1, -0.05) is 18.2 Å². The number of para-hydroxylation sites is 1. The Kier molecular flexibility index (Phi) is 1.81. The Morgan fingerprint density at radius 2 is 1.88 bits per heavy atom. The molecule has 2 aliphatic rings. The average molecular weight is 207 g/mol. The molecule has 0 N–H and O–H groups in total. The summed E-state index contributed by atoms with van der Waals surface area (Å²) < 4.78 is 0. The van der Waals surface area contributed by atoms with Gasteiger partial charge in [0.2, 0.25) is 0 Å². The molecule has 0 spiro atoms. The van der Waals surface area contributed by atoms with Gasteiger partial charge >= 0.3 is 0 Å². The van der Waals surface area contributed by atoms with Crippen LogP contribution in [0.15, 0.2) is 55.0 Å². The maximum atomic E-state index is 9.12. The van der Waals surface area contributed by atoms with Gasteiger partial charge in [-0.2, -0.15) is 5.26 Å². The van der Waals surface area contributed by atoms with Crippen LogP contribution in [0.1, 0.15) is 5.56 Å². The molecule has 2 heterocycles. The molecule has 1 aromatic carbocycles. The first kappa shape index (κ1) is 8.81. The number of fused-ring (bicyclic) bond motifs is 3. The van der Waals surface area contributed by atoms with Crippen molar-refractivity contribution in [2.24, 2.45) is 0 Å². The fourth-order valence-electron chi connectivity index (χ4n) is 1.92. The van der Waals surface area contributed by atoms with E-state index in [0.29, 0.717) is 5.57 Å². The number of nitrogens with zero attached hydrogens (tertiary/aromatic N) is 3. The van der Waals surface area contributed by atoms with Gasteiger partial charge in [0.1, 0.15) is 6.07 Å². The van der Waals surface area contributed by atoms with Crippen LogP contribution in [0.25, 0.3) is 5.57 Å². The highest BCUT2D eigenvalue weighted by Gasteiger charge is 2.22. The molecule has 0 radical (unpaired) electrons. The van der Waals surface area contributed by atoms with E-state index in [0.717, 1.165) is 11.3 Å². The predicted octanol–water partition coefficient (Wildman–Crippen LogP) is 2.63. The summed E-state index contributed by atoms with van der Waals surface area (Å²) in [4.78, 5) is 0. The van der Waals surface area contributed by atoms with E-state index in [2.05, 4.69) is 6.07 Å². The van der Waals surface area contributed by atoms with Crippen molar-refractivity contribution in [2.75, 3.05) is 5.01 Å². The van der Waals surface area contributed by atoms with Crippen LogP contribution in [0.4, 0.5) is 5.69 Å². The van der Waals surface area contributed by atoms with Crippen LogP contribution < -0.4 is 5.01 Å². The molecule has 3 heteroatoms. The fourth-order valence-corrected chi connectivity index (χ4v) is 1.92. The van der Waals surface area contributed by atoms with Crippen molar-refractivity contribution in [3.05, 3.63) is 60.6 Å². The Labute approximate surface area is 93.8 Å². The molecule has 0 saturated carbocycles. The largest absolute Gasteiger partial charge is 0.263 e. The topological polar surface area (TPSA) is 30.3 Å². The molecule has 0 atom stereocenters. The van der Waals surface area contributed by atoms with E-state index in [1.54, 1.807) is 0 Å². The van der Waals surface area contributed by atoms with E-state index in [1.165, 1.54) is 0 Å². The molecule has 76 valence electrons. The highest BCUT2D eigenvalue weighted by Crippen LogP contribution is 2.34. The maximum Gasteiger partial charge on any atom is 0.101 e. The van der Waals surface area contributed by atoms with Crippen molar-refractivity contribution >= 4 is 11.3 Å². The monoisotopic (exact) mass is 207 g/mol. The summed E-state index contributed by atoms with van der Waals surface area (Å²) in [7, 11) is 0. The Balaban J connectivity index is 2.22. The van der Waals surface area contributed by atoms with Crippen molar-refractivity contribution in [1.82, 2.24) is 5.01 Å². The van der Waals surface area contributed by atoms with Crippen LogP contribution in [0.5, 0.6) is 0 Å². The second-order valence-electron chi connectivity index (χ2n) is 3.58. The molecule has 16 heavy (non-hydrogen) atoms. The zero-order valence-electron chi connectivity index (χ0n) is 8.54. The van der Waals surface area contributed by atoms with Crippen molar-refractivity contribution in [3.63, 3.8) is 0 Å². The summed E-state index contributed by atoms with van der Waals surface area (Å²) in [6, 6.07) is 10.1. The summed E-state index contributed by atoms with van der Waals surface area (Å²) in [6.45, 7) is 0. The standard InChI is InChI=1S/C13H9N3/c14-9-11-10-15-7-3-4-8-16(15)13-6-2-1-5-12(11)13/h1-8,10H. The van der Waals surface area contributed by atoms with Crippen molar-refractivity contribution < 1.29 is 0 Å². The zero-order chi connectivity index (χ0) is 11.0. The number of anilines is 1. The van der Waals surface area contributed by atoms with Crippen LogP contribution in [0.2, 0.25) is 0 Å². The number of allylic oxidation sites excluding steroid dienone is 3. The number of hydrazine groups is 1. The molecule has 1 aromatic rings. The molecule has 2 aliphatic heterocycles. The third-order valence-electron chi connectivity index (χ3n) is 2.65. The first-order valence-electron chi connectivity index (χ1n) is 5.04. The van der Waals surface area contributed by atoms with E-state index in [9.17, 15) is 0 Å². The average Bonchev–Trinajstić information content (AvgIpc) is 2.38. The van der Waals surface area contributed by atoms with Gasteiger partial charge in [0.05, 0.1) is 11.3 Å². The third-order valence-corrected chi connectivity index (χ3v) is 2.65. The van der Waals surface area contributed by atoms with Gasteiger partial charge in [0, 0.05) is 24.2 Å². The third kappa shape index (κ3) is 1.14. The zero-order valence-corrected chi connectivity index (χ0v) is 8.54. The molecule has 0 fully saturated rings. The predicted molar refractivity (Wildman–Crippen MR) is 62.6 cm³/mol. The van der Waals surface area contributed by atoms with Gasteiger partial charge in [-0.25, -0.2) is 0 Å². The smallest absolute Gasteiger partial charge is 0.101 e. The lowest BCUT2D eigenvalue weighted by Crippen LogP contribution is -2.35. The first-order valence-corrected chi connectivity index (χ1v) is 5.04. The van der Waals surface area contributed by atoms with Crippen molar-refractivity contribution in [3.8, 4) is 6.07 Å². The number of hydrogen-bond acceptors (Lipinski definition) is 3.